The fourth-order valence-electron chi connectivity index (χ4n) is 2.92. The molecule has 0 aliphatic heterocycles. The normalized spacial score (nSPS) is 11.2. The van der Waals surface area contributed by atoms with Crippen molar-refractivity contribution in [3.05, 3.63) is 59.9 Å². The molecule has 0 spiro atoms. The second-order valence-electron chi connectivity index (χ2n) is 5.62. The fourth-order valence-corrected chi connectivity index (χ4v) is 2.92. The lowest BCUT2D eigenvalue weighted by molar-refractivity contribution is 1.21. The summed E-state index contributed by atoms with van der Waals surface area (Å²) in [6, 6.07) is 14.5. The number of aromatic amines is 1. The first kappa shape index (κ1) is 12.8. The number of fused-ring (bicyclic) bond motifs is 3. The zero-order chi connectivity index (χ0) is 15.1. The Kier molecular flexibility index (Phi) is 2.82. The van der Waals surface area contributed by atoms with Gasteiger partial charge in [0.05, 0.1) is 0 Å². The lowest BCUT2D eigenvalue weighted by Crippen LogP contribution is -1.96. The van der Waals surface area contributed by atoms with E-state index in [1.807, 2.05) is 12.1 Å². The molecule has 0 unspecified atom stereocenters. The average molecular weight is 288 g/mol. The summed E-state index contributed by atoms with van der Waals surface area (Å²) in [6.07, 6.45) is 1.60. The minimum atomic E-state index is 0.797. The summed E-state index contributed by atoms with van der Waals surface area (Å²) in [6.45, 7) is 4.19. The predicted molar refractivity (Wildman–Crippen MR) is 90.6 cm³/mol. The van der Waals surface area contributed by atoms with E-state index in [0.29, 0.717) is 0 Å². The number of para-hydroxylation sites is 1. The van der Waals surface area contributed by atoms with E-state index in [1.54, 1.807) is 6.33 Å². The molecule has 0 radical (unpaired) electrons. The second kappa shape index (κ2) is 4.84. The maximum Gasteiger partial charge on any atom is 0.158 e. The number of benzene rings is 2. The Morgan fingerprint density at radius 1 is 0.955 bits per heavy atom. The minimum absolute atomic E-state index is 0.797. The molecule has 0 saturated carbocycles. The number of aryl methyl sites for hydroxylation is 2. The van der Waals surface area contributed by atoms with Gasteiger partial charge in [-0.2, -0.15) is 0 Å². The molecule has 0 amide bonds. The van der Waals surface area contributed by atoms with Crippen LogP contribution < -0.4 is 5.32 Å². The Morgan fingerprint density at radius 2 is 1.73 bits per heavy atom. The molecule has 0 fully saturated rings. The van der Waals surface area contributed by atoms with Crippen molar-refractivity contribution in [1.82, 2.24) is 15.0 Å². The Morgan fingerprint density at radius 3 is 2.55 bits per heavy atom. The molecule has 22 heavy (non-hydrogen) atoms. The summed E-state index contributed by atoms with van der Waals surface area (Å²) < 4.78 is 0. The lowest BCUT2D eigenvalue weighted by atomic mass is 10.1. The van der Waals surface area contributed by atoms with Crippen LogP contribution in [-0.2, 0) is 0 Å². The van der Waals surface area contributed by atoms with Gasteiger partial charge in [0.1, 0.15) is 17.4 Å². The van der Waals surface area contributed by atoms with Gasteiger partial charge < -0.3 is 10.3 Å². The highest BCUT2D eigenvalue weighted by Gasteiger charge is 2.10. The standard InChI is InChI=1S/C18H16N4/c1-11-7-12(2)9-13(8-11)21-18-17-16(19-10-20-18)14-5-3-4-6-15(14)22-17/h3-10,22H,1-2H3,(H,19,20,21). The summed E-state index contributed by atoms with van der Waals surface area (Å²) in [7, 11) is 0. The highest BCUT2D eigenvalue weighted by molar-refractivity contribution is 6.08. The predicted octanol–water partition coefficient (Wildman–Crippen LogP) is 4.47. The van der Waals surface area contributed by atoms with E-state index in [2.05, 4.69) is 64.4 Å². The van der Waals surface area contributed by atoms with E-state index in [9.17, 15) is 0 Å². The molecule has 4 rings (SSSR count). The van der Waals surface area contributed by atoms with Crippen molar-refractivity contribution in [1.29, 1.82) is 0 Å². The minimum Gasteiger partial charge on any atom is -0.350 e. The van der Waals surface area contributed by atoms with Crippen molar-refractivity contribution < 1.29 is 0 Å². The first-order valence-corrected chi connectivity index (χ1v) is 7.27. The molecule has 0 atom stereocenters. The van der Waals surface area contributed by atoms with Crippen LogP contribution in [0.5, 0.6) is 0 Å². The van der Waals surface area contributed by atoms with E-state index in [4.69, 9.17) is 0 Å². The Bertz CT molecular complexity index is 965. The van der Waals surface area contributed by atoms with E-state index in [1.165, 1.54) is 11.1 Å². The molecule has 4 aromatic rings. The van der Waals surface area contributed by atoms with Crippen LogP contribution in [0.15, 0.2) is 48.8 Å². The van der Waals surface area contributed by atoms with Gasteiger partial charge in [0.25, 0.3) is 0 Å². The third-order valence-corrected chi connectivity index (χ3v) is 3.77. The molecule has 4 heteroatoms. The van der Waals surface area contributed by atoms with Crippen LogP contribution in [0.3, 0.4) is 0 Å². The maximum absolute atomic E-state index is 4.42. The topological polar surface area (TPSA) is 53.6 Å². The molecule has 4 nitrogen and oxygen atoms in total. The van der Waals surface area contributed by atoms with Crippen LogP contribution in [0.25, 0.3) is 21.9 Å². The number of hydrogen-bond donors (Lipinski definition) is 2. The molecule has 0 bridgehead atoms. The quantitative estimate of drug-likeness (QED) is 0.572. The average Bonchev–Trinajstić information content (AvgIpc) is 2.86. The van der Waals surface area contributed by atoms with E-state index < -0.39 is 0 Å². The molecule has 0 saturated heterocycles. The van der Waals surface area contributed by atoms with Crippen LogP contribution >= 0.6 is 0 Å². The van der Waals surface area contributed by atoms with Gasteiger partial charge >= 0.3 is 0 Å². The van der Waals surface area contributed by atoms with Gasteiger partial charge in [-0.1, -0.05) is 24.3 Å². The van der Waals surface area contributed by atoms with Crippen molar-refractivity contribution in [3.63, 3.8) is 0 Å². The van der Waals surface area contributed by atoms with Crippen LogP contribution in [0, 0.1) is 13.8 Å². The summed E-state index contributed by atoms with van der Waals surface area (Å²) in [5.74, 6) is 0.797. The van der Waals surface area contributed by atoms with Gasteiger partial charge in [-0.15, -0.1) is 0 Å². The van der Waals surface area contributed by atoms with Gasteiger partial charge in [0.2, 0.25) is 0 Å². The Balaban J connectivity index is 1.88. The summed E-state index contributed by atoms with van der Waals surface area (Å²) in [5, 5.41) is 4.52. The van der Waals surface area contributed by atoms with Crippen molar-refractivity contribution in [2.75, 3.05) is 5.32 Å². The number of nitrogens with one attached hydrogen (secondary N) is 2. The monoisotopic (exact) mass is 288 g/mol. The molecular formula is C18H16N4. The number of hydrogen-bond acceptors (Lipinski definition) is 3. The van der Waals surface area contributed by atoms with E-state index in [0.717, 1.165) is 33.4 Å². The van der Waals surface area contributed by atoms with Gasteiger partial charge in [-0.3, -0.25) is 0 Å². The summed E-state index contributed by atoms with van der Waals surface area (Å²) in [4.78, 5) is 12.2. The Hall–Kier alpha value is -2.88. The third-order valence-electron chi connectivity index (χ3n) is 3.77. The van der Waals surface area contributed by atoms with Crippen molar-refractivity contribution >= 4 is 33.4 Å². The molecule has 108 valence electrons. The number of H-pyrrole nitrogens is 1. The lowest BCUT2D eigenvalue weighted by Gasteiger charge is -2.08. The molecule has 2 heterocycles. The van der Waals surface area contributed by atoms with Crippen molar-refractivity contribution in [2.24, 2.45) is 0 Å². The molecule has 2 aromatic carbocycles. The van der Waals surface area contributed by atoms with Crippen molar-refractivity contribution in [3.8, 4) is 0 Å². The smallest absolute Gasteiger partial charge is 0.158 e. The van der Waals surface area contributed by atoms with Gasteiger partial charge in [-0.05, 0) is 43.2 Å². The molecule has 0 aliphatic rings. The molecular weight excluding hydrogens is 272 g/mol. The van der Waals surface area contributed by atoms with Crippen LogP contribution in [0.1, 0.15) is 11.1 Å². The summed E-state index contributed by atoms with van der Waals surface area (Å²) >= 11 is 0. The number of nitrogens with zero attached hydrogens (tertiary/aromatic N) is 2. The third kappa shape index (κ3) is 2.09. The molecule has 2 aromatic heterocycles. The van der Waals surface area contributed by atoms with Gasteiger partial charge in [-0.25, -0.2) is 9.97 Å². The van der Waals surface area contributed by atoms with E-state index in [-0.39, 0.29) is 0 Å². The van der Waals surface area contributed by atoms with E-state index >= 15 is 0 Å². The van der Waals surface area contributed by atoms with Gasteiger partial charge in [0.15, 0.2) is 5.82 Å². The largest absolute Gasteiger partial charge is 0.350 e. The maximum atomic E-state index is 4.42. The number of rotatable bonds is 2. The highest BCUT2D eigenvalue weighted by Crippen LogP contribution is 2.29. The first-order valence-electron chi connectivity index (χ1n) is 7.27. The molecule has 2 N–H and O–H groups in total. The van der Waals surface area contributed by atoms with Crippen molar-refractivity contribution in [2.45, 2.75) is 13.8 Å². The first-order chi connectivity index (χ1) is 10.7. The zero-order valence-corrected chi connectivity index (χ0v) is 12.5. The highest BCUT2D eigenvalue weighted by atomic mass is 15.0. The summed E-state index contributed by atoms with van der Waals surface area (Å²) in [5.41, 5.74) is 6.44. The second-order valence-corrected chi connectivity index (χ2v) is 5.62. The number of anilines is 2. The van der Waals surface area contributed by atoms with Crippen LogP contribution in [-0.4, -0.2) is 15.0 Å². The Labute approximate surface area is 128 Å². The number of aromatic nitrogens is 3. The van der Waals surface area contributed by atoms with Gasteiger partial charge in [0, 0.05) is 16.6 Å². The zero-order valence-electron chi connectivity index (χ0n) is 12.5. The van der Waals surface area contributed by atoms with Crippen LogP contribution in [0.4, 0.5) is 11.5 Å². The SMILES string of the molecule is Cc1cc(C)cc(Nc2ncnc3c2[nH]c2ccccc23)c1. The molecule has 0 aliphatic carbocycles. The van der Waals surface area contributed by atoms with Crippen LogP contribution in [0.2, 0.25) is 0 Å². The fraction of sp³-hybridized carbons (Fsp3) is 0.111.